The zero-order chi connectivity index (χ0) is 26.5. The Balaban J connectivity index is 1.54. The van der Waals surface area contributed by atoms with Crippen LogP contribution in [0.4, 0.5) is 18.9 Å². The lowest BCUT2D eigenvalue weighted by molar-refractivity contribution is -0.286. The number of anilines is 1. The van der Waals surface area contributed by atoms with Gasteiger partial charge in [0.1, 0.15) is 23.8 Å². The van der Waals surface area contributed by atoms with Crippen LogP contribution in [0.2, 0.25) is 0 Å². The van der Waals surface area contributed by atoms with Crippen molar-refractivity contribution in [3.05, 3.63) is 70.0 Å². The number of rotatable bonds is 5. The maximum atomic E-state index is 14.2. The fourth-order valence-corrected chi connectivity index (χ4v) is 4.11. The molecule has 4 aromatic rings. The third-order valence-corrected chi connectivity index (χ3v) is 5.66. The van der Waals surface area contributed by atoms with Crippen molar-refractivity contribution in [1.29, 1.82) is 5.26 Å². The molecule has 0 spiro atoms. The van der Waals surface area contributed by atoms with Crippen molar-refractivity contribution in [2.75, 3.05) is 11.4 Å². The number of ether oxygens (including phenoxy) is 2. The molecule has 0 N–H and O–H groups in total. The lowest BCUT2D eigenvalue weighted by Gasteiger charge is -2.21. The summed E-state index contributed by atoms with van der Waals surface area (Å²) in [6.07, 6.45) is -3.81. The molecule has 2 aromatic carbocycles. The molecule has 0 radical (unpaired) electrons. The van der Waals surface area contributed by atoms with Crippen molar-refractivity contribution < 1.29 is 31.9 Å². The van der Waals surface area contributed by atoms with Crippen LogP contribution < -0.4 is 19.9 Å². The molecule has 0 aliphatic carbocycles. The molecule has 1 aliphatic rings. The van der Waals surface area contributed by atoms with Crippen LogP contribution in [-0.4, -0.2) is 28.5 Å². The third kappa shape index (κ3) is 4.35. The van der Waals surface area contributed by atoms with Crippen LogP contribution in [0, 0.1) is 24.1 Å². The first-order valence-corrected chi connectivity index (χ1v) is 11.0. The third-order valence-electron chi connectivity index (χ3n) is 5.66. The Morgan fingerprint density at radius 3 is 2.65 bits per heavy atom. The molecular weight excluding hydrogens is 493 g/mol. The number of nitrogens with zero attached hydrogens (tertiary/aromatic N) is 4. The summed E-state index contributed by atoms with van der Waals surface area (Å²) >= 11 is 0. The van der Waals surface area contributed by atoms with Crippen LogP contribution in [0.3, 0.4) is 0 Å². The molecule has 0 bridgehead atoms. The molecule has 0 saturated heterocycles. The Bertz CT molecular complexity index is 1670. The molecule has 0 saturated carbocycles. The summed E-state index contributed by atoms with van der Waals surface area (Å²) in [5.41, 5.74) is -0.00886. The van der Waals surface area contributed by atoms with Gasteiger partial charge in [-0.2, -0.15) is 10.4 Å². The van der Waals surface area contributed by atoms with E-state index in [9.17, 15) is 28.0 Å². The van der Waals surface area contributed by atoms with Crippen molar-refractivity contribution in [1.82, 2.24) is 9.78 Å². The maximum Gasteiger partial charge on any atom is 0.586 e. The molecule has 1 amide bonds. The number of amides is 1. The van der Waals surface area contributed by atoms with E-state index in [-0.39, 0.29) is 51.5 Å². The van der Waals surface area contributed by atoms with Gasteiger partial charge in [-0.3, -0.25) is 9.59 Å². The largest absolute Gasteiger partial charge is 0.586 e. The van der Waals surface area contributed by atoms with Crippen LogP contribution >= 0.6 is 0 Å². The highest BCUT2D eigenvalue weighted by atomic mass is 19.3. The van der Waals surface area contributed by atoms with Crippen molar-refractivity contribution in [3.8, 4) is 28.8 Å². The van der Waals surface area contributed by atoms with Crippen LogP contribution in [0.25, 0.3) is 22.2 Å². The standard InChI is InChI=1S/C25H17F3N4O5/c1-3-31(17-4-5-19-20(10-17)37-25(27,28)36-19)21(33)12-32-24(34)18-6-13(2)35-23(18)22(30-32)15-7-14(11-29)8-16(26)9-15/h4-10H,3,12H2,1-2H3. The Hall–Kier alpha value is -4.79. The lowest BCUT2D eigenvalue weighted by Crippen LogP contribution is -2.37. The normalized spacial score (nSPS) is 13.5. The monoisotopic (exact) mass is 510 g/mol. The predicted octanol–water partition coefficient (Wildman–Crippen LogP) is 4.35. The first-order valence-electron chi connectivity index (χ1n) is 11.0. The van der Waals surface area contributed by atoms with Gasteiger partial charge in [0.05, 0.1) is 17.0 Å². The van der Waals surface area contributed by atoms with E-state index >= 15 is 0 Å². The van der Waals surface area contributed by atoms with E-state index < -0.39 is 30.1 Å². The molecule has 2 aromatic heterocycles. The predicted molar refractivity (Wildman–Crippen MR) is 124 cm³/mol. The number of carbonyl (C=O) groups excluding carboxylic acids is 1. The van der Waals surface area contributed by atoms with Gasteiger partial charge in [0.25, 0.3) is 5.56 Å². The second-order valence-corrected chi connectivity index (χ2v) is 8.19. The highest BCUT2D eigenvalue weighted by Crippen LogP contribution is 2.42. The number of fused-ring (bicyclic) bond motifs is 2. The summed E-state index contributed by atoms with van der Waals surface area (Å²) in [7, 11) is 0. The number of likely N-dealkylation sites (N-methyl/N-ethyl adjacent to an activating group) is 1. The lowest BCUT2D eigenvalue weighted by atomic mass is 10.1. The summed E-state index contributed by atoms with van der Waals surface area (Å²) in [5, 5.41) is 13.6. The summed E-state index contributed by atoms with van der Waals surface area (Å²) in [5.74, 6) is -1.28. The van der Waals surface area contributed by atoms with E-state index in [4.69, 9.17) is 4.42 Å². The summed E-state index contributed by atoms with van der Waals surface area (Å²) in [6, 6.07) is 10.8. The minimum atomic E-state index is -3.81. The number of aromatic nitrogens is 2. The van der Waals surface area contributed by atoms with Gasteiger partial charge >= 0.3 is 6.29 Å². The molecular formula is C25H17F3N4O5. The van der Waals surface area contributed by atoms with Crippen molar-refractivity contribution >= 4 is 22.6 Å². The Morgan fingerprint density at radius 1 is 1.16 bits per heavy atom. The van der Waals surface area contributed by atoms with Crippen molar-refractivity contribution in [2.24, 2.45) is 0 Å². The number of hydrogen-bond donors (Lipinski definition) is 0. The van der Waals surface area contributed by atoms with E-state index in [0.717, 1.165) is 16.8 Å². The van der Waals surface area contributed by atoms with Crippen molar-refractivity contribution in [3.63, 3.8) is 0 Å². The van der Waals surface area contributed by atoms with Gasteiger partial charge in [-0.25, -0.2) is 9.07 Å². The van der Waals surface area contributed by atoms with Crippen LogP contribution in [0.15, 0.2) is 51.7 Å². The number of alkyl halides is 2. The van der Waals surface area contributed by atoms with Gasteiger partial charge in [0.2, 0.25) is 5.91 Å². The molecule has 1 aliphatic heterocycles. The molecule has 0 atom stereocenters. The minimum absolute atomic E-state index is 0.0348. The molecule has 12 heteroatoms. The summed E-state index contributed by atoms with van der Waals surface area (Å²) < 4.78 is 56.4. The van der Waals surface area contributed by atoms with Crippen LogP contribution in [-0.2, 0) is 11.3 Å². The number of furan rings is 1. The maximum absolute atomic E-state index is 14.2. The fraction of sp³-hybridized carbons (Fsp3) is 0.200. The average Bonchev–Trinajstić information content (AvgIpc) is 3.38. The van der Waals surface area contributed by atoms with Gasteiger partial charge in [-0.15, -0.1) is 8.78 Å². The Kier molecular flexibility index (Phi) is 5.63. The van der Waals surface area contributed by atoms with E-state index in [1.54, 1.807) is 13.8 Å². The first-order chi connectivity index (χ1) is 17.6. The highest BCUT2D eigenvalue weighted by molar-refractivity contribution is 5.94. The van der Waals surface area contributed by atoms with E-state index in [1.165, 1.54) is 35.2 Å². The van der Waals surface area contributed by atoms with Gasteiger partial charge in [0.15, 0.2) is 17.1 Å². The smallest absolute Gasteiger partial charge is 0.459 e. The Morgan fingerprint density at radius 2 is 1.92 bits per heavy atom. The van der Waals surface area contributed by atoms with E-state index in [1.807, 2.05) is 6.07 Å². The fourth-order valence-electron chi connectivity index (χ4n) is 4.11. The zero-order valence-corrected chi connectivity index (χ0v) is 19.4. The number of benzene rings is 2. The number of carbonyl (C=O) groups is 1. The Labute approximate surface area is 206 Å². The van der Waals surface area contributed by atoms with Gasteiger partial charge in [-0.1, -0.05) is 0 Å². The van der Waals surface area contributed by atoms with E-state index in [2.05, 4.69) is 14.6 Å². The van der Waals surface area contributed by atoms with Crippen LogP contribution in [0.1, 0.15) is 18.2 Å². The molecule has 37 heavy (non-hydrogen) atoms. The topological polar surface area (TPSA) is 111 Å². The molecule has 5 rings (SSSR count). The number of hydrogen-bond acceptors (Lipinski definition) is 7. The van der Waals surface area contributed by atoms with Crippen molar-refractivity contribution in [2.45, 2.75) is 26.7 Å². The molecule has 0 fully saturated rings. The average molecular weight is 510 g/mol. The van der Waals surface area contributed by atoms with Gasteiger partial charge in [0, 0.05) is 23.9 Å². The zero-order valence-electron chi connectivity index (χ0n) is 19.4. The number of aryl methyl sites for hydroxylation is 1. The molecule has 9 nitrogen and oxygen atoms in total. The van der Waals surface area contributed by atoms with Gasteiger partial charge in [-0.05, 0) is 50.2 Å². The number of nitriles is 1. The summed E-state index contributed by atoms with van der Waals surface area (Å²) in [6.45, 7) is 2.90. The number of halogens is 3. The first kappa shape index (κ1) is 23.9. The quantitative estimate of drug-likeness (QED) is 0.393. The summed E-state index contributed by atoms with van der Waals surface area (Å²) in [4.78, 5) is 27.7. The highest BCUT2D eigenvalue weighted by Gasteiger charge is 2.43. The minimum Gasteiger partial charge on any atom is -0.459 e. The molecule has 3 heterocycles. The second kappa shape index (κ2) is 8.70. The molecule has 0 unspecified atom stereocenters. The SMILES string of the molecule is CCN(C(=O)Cn1nc(-c2cc(F)cc(C#N)c2)c2oc(C)cc2c1=O)c1ccc2c(c1)OC(F)(F)O2. The van der Waals surface area contributed by atoms with Gasteiger partial charge < -0.3 is 18.8 Å². The van der Waals surface area contributed by atoms with Crippen LogP contribution in [0.5, 0.6) is 11.5 Å². The molecule has 188 valence electrons. The van der Waals surface area contributed by atoms with E-state index in [0.29, 0.717) is 5.76 Å². The second-order valence-electron chi connectivity index (χ2n) is 8.19.